The van der Waals surface area contributed by atoms with Gasteiger partial charge in [-0.3, -0.25) is 0 Å². The van der Waals surface area contributed by atoms with Crippen molar-refractivity contribution in [2.75, 3.05) is 32.6 Å². The van der Waals surface area contributed by atoms with E-state index < -0.39 is 0 Å². The molecule has 86 valence electrons. The van der Waals surface area contributed by atoms with Crippen LogP contribution in [-0.4, -0.2) is 32.1 Å². The van der Waals surface area contributed by atoms with Gasteiger partial charge in [0.2, 0.25) is 0 Å². The Morgan fingerprint density at radius 2 is 2.00 bits per heavy atom. The molecule has 0 amide bonds. The zero-order valence-electron chi connectivity index (χ0n) is 9.86. The zero-order valence-corrected chi connectivity index (χ0v) is 9.86. The standard InChI is InChI=1S/C13H18N2O/c1-15-9-3-4-12(10-15)14-11-5-7-13(16-2)8-6-11/h4-8,14H,3,9-10H2,1-2H3. The molecule has 0 spiro atoms. The first-order valence-electron chi connectivity index (χ1n) is 5.56. The van der Waals surface area contributed by atoms with Gasteiger partial charge in [0.15, 0.2) is 0 Å². The predicted octanol–water partition coefficient (Wildman–Crippen LogP) is 2.33. The van der Waals surface area contributed by atoms with E-state index in [9.17, 15) is 0 Å². The fourth-order valence-corrected chi connectivity index (χ4v) is 1.84. The molecule has 0 bridgehead atoms. The number of hydrogen-bond acceptors (Lipinski definition) is 3. The summed E-state index contributed by atoms with van der Waals surface area (Å²) >= 11 is 0. The maximum atomic E-state index is 5.13. The summed E-state index contributed by atoms with van der Waals surface area (Å²) < 4.78 is 5.13. The molecule has 0 aromatic heterocycles. The lowest BCUT2D eigenvalue weighted by atomic mass is 10.2. The molecular formula is C13H18N2O. The molecule has 0 aliphatic carbocycles. The first kappa shape index (κ1) is 11.0. The van der Waals surface area contributed by atoms with Crippen molar-refractivity contribution in [1.29, 1.82) is 0 Å². The molecule has 1 aliphatic rings. The number of anilines is 1. The van der Waals surface area contributed by atoms with Crippen LogP contribution in [0.5, 0.6) is 5.75 Å². The molecule has 0 atom stereocenters. The molecule has 1 N–H and O–H groups in total. The number of rotatable bonds is 3. The van der Waals surface area contributed by atoms with E-state index >= 15 is 0 Å². The third-order valence-electron chi connectivity index (χ3n) is 2.74. The summed E-state index contributed by atoms with van der Waals surface area (Å²) in [5.41, 5.74) is 2.39. The molecule has 0 fully saturated rings. The van der Waals surface area contributed by atoms with Gasteiger partial charge < -0.3 is 15.0 Å². The van der Waals surface area contributed by atoms with Gasteiger partial charge >= 0.3 is 0 Å². The molecule has 0 unspecified atom stereocenters. The minimum Gasteiger partial charge on any atom is -0.497 e. The quantitative estimate of drug-likeness (QED) is 0.842. The Balaban J connectivity index is 2.00. The van der Waals surface area contributed by atoms with Crippen LogP contribution in [0, 0.1) is 0 Å². The van der Waals surface area contributed by atoms with Crippen molar-refractivity contribution in [1.82, 2.24) is 4.90 Å². The van der Waals surface area contributed by atoms with E-state index in [0.29, 0.717) is 0 Å². The van der Waals surface area contributed by atoms with E-state index in [-0.39, 0.29) is 0 Å². The van der Waals surface area contributed by atoms with Crippen LogP contribution in [0.2, 0.25) is 0 Å². The number of nitrogens with zero attached hydrogens (tertiary/aromatic N) is 1. The van der Waals surface area contributed by atoms with Crippen molar-refractivity contribution in [2.45, 2.75) is 6.42 Å². The minimum atomic E-state index is 0.889. The summed E-state index contributed by atoms with van der Waals surface area (Å²) in [5, 5.41) is 3.43. The number of methoxy groups -OCH3 is 1. The third kappa shape index (κ3) is 2.76. The van der Waals surface area contributed by atoms with Gasteiger partial charge in [0.25, 0.3) is 0 Å². The minimum absolute atomic E-state index is 0.889. The molecule has 1 aliphatic heterocycles. The third-order valence-corrected chi connectivity index (χ3v) is 2.74. The van der Waals surface area contributed by atoms with Crippen LogP contribution in [0.3, 0.4) is 0 Å². The van der Waals surface area contributed by atoms with E-state index in [0.717, 1.165) is 30.9 Å². The van der Waals surface area contributed by atoms with Gasteiger partial charge in [-0.15, -0.1) is 0 Å². The number of hydrogen-bond donors (Lipinski definition) is 1. The van der Waals surface area contributed by atoms with Gasteiger partial charge in [-0.05, 0) is 37.7 Å². The Bertz CT molecular complexity index is 370. The van der Waals surface area contributed by atoms with Crippen molar-refractivity contribution in [2.24, 2.45) is 0 Å². The SMILES string of the molecule is COc1ccc(NC2=CCCN(C)C2)cc1. The Morgan fingerprint density at radius 3 is 2.62 bits per heavy atom. The molecule has 1 aromatic rings. The first-order valence-corrected chi connectivity index (χ1v) is 5.56. The average molecular weight is 218 g/mol. The lowest BCUT2D eigenvalue weighted by Crippen LogP contribution is -2.28. The maximum absolute atomic E-state index is 5.13. The van der Waals surface area contributed by atoms with Gasteiger partial charge in [-0.2, -0.15) is 0 Å². The number of benzene rings is 1. The molecule has 1 heterocycles. The molecule has 0 saturated carbocycles. The van der Waals surface area contributed by atoms with Crippen molar-refractivity contribution in [3.63, 3.8) is 0 Å². The van der Waals surface area contributed by atoms with Crippen LogP contribution in [0.25, 0.3) is 0 Å². The molecule has 3 nitrogen and oxygen atoms in total. The summed E-state index contributed by atoms with van der Waals surface area (Å²) in [4.78, 5) is 2.31. The number of likely N-dealkylation sites (N-methyl/N-ethyl adjacent to an activating group) is 1. The number of nitrogens with one attached hydrogen (secondary N) is 1. The highest BCUT2D eigenvalue weighted by Crippen LogP contribution is 2.18. The molecule has 1 aromatic carbocycles. The summed E-state index contributed by atoms with van der Waals surface area (Å²) in [5.74, 6) is 0.889. The summed E-state index contributed by atoms with van der Waals surface area (Å²) in [6.07, 6.45) is 3.39. The van der Waals surface area contributed by atoms with Crippen molar-refractivity contribution < 1.29 is 4.74 Å². The van der Waals surface area contributed by atoms with Gasteiger partial charge in [0.1, 0.15) is 5.75 Å². The summed E-state index contributed by atoms with van der Waals surface area (Å²) in [6.45, 7) is 2.14. The Kier molecular flexibility index (Phi) is 3.47. The van der Waals surface area contributed by atoms with Crippen molar-refractivity contribution >= 4 is 5.69 Å². The van der Waals surface area contributed by atoms with Crippen LogP contribution in [-0.2, 0) is 0 Å². The Hall–Kier alpha value is -1.48. The topological polar surface area (TPSA) is 24.5 Å². The Morgan fingerprint density at radius 1 is 1.25 bits per heavy atom. The predicted molar refractivity (Wildman–Crippen MR) is 66.8 cm³/mol. The van der Waals surface area contributed by atoms with Gasteiger partial charge in [-0.1, -0.05) is 6.08 Å². The van der Waals surface area contributed by atoms with E-state index in [4.69, 9.17) is 4.74 Å². The van der Waals surface area contributed by atoms with Crippen molar-refractivity contribution in [3.05, 3.63) is 36.0 Å². The van der Waals surface area contributed by atoms with Crippen LogP contribution in [0.4, 0.5) is 5.69 Å². The van der Waals surface area contributed by atoms with Crippen molar-refractivity contribution in [3.8, 4) is 5.75 Å². The summed E-state index contributed by atoms with van der Waals surface area (Å²) in [7, 11) is 3.82. The van der Waals surface area contributed by atoms with E-state index in [1.807, 2.05) is 24.3 Å². The van der Waals surface area contributed by atoms with Gasteiger partial charge in [0.05, 0.1) is 7.11 Å². The molecule has 0 saturated heterocycles. The van der Waals surface area contributed by atoms with Crippen LogP contribution in [0.1, 0.15) is 6.42 Å². The molecular weight excluding hydrogens is 200 g/mol. The molecule has 16 heavy (non-hydrogen) atoms. The fourth-order valence-electron chi connectivity index (χ4n) is 1.84. The van der Waals surface area contributed by atoms with Crippen LogP contribution in [0.15, 0.2) is 36.0 Å². The van der Waals surface area contributed by atoms with Crippen LogP contribution < -0.4 is 10.1 Å². The second-order valence-electron chi connectivity index (χ2n) is 4.11. The monoisotopic (exact) mass is 218 g/mol. The van der Waals surface area contributed by atoms with Crippen LogP contribution >= 0.6 is 0 Å². The average Bonchev–Trinajstić information content (AvgIpc) is 2.30. The highest BCUT2D eigenvalue weighted by Gasteiger charge is 2.08. The maximum Gasteiger partial charge on any atom is 0.119 e. The number of ether oxygens (including phenoxy) is 1. The second kappa shape index (κ2) is 5.03. The normalized spacial score (nSPS) is 16.8. The molecule has 0 radical (unpaired) electrons. The zero-order chi connectivity index (χ0) is 11.4. The second-order valence-corrected chi connectivity index (χ2v) is 4.11. The lowest BCUT2D eigenvalue weighted by molar-refractivity contribution is 0.356. The Labute approximate surface area is 96.7 Å². The van der Waals surface area contributed by atoms with E-state index in [2.05, 4.69) is 23.3 Å². The van der Waals surface area contributed by atoms with Gasteiger partial charge in [-0.25, -0.2) is 0 Å². The highest BCUT2D eigenvalue weighted by atomic mass is 16.5. The molecule has 3 heteroatoms. The van der Waals surface area contributed by atoms with E-state index in [1.165, 1.54) is 5.70 Å². The van der Waals surface area contributed by atoms with E-state index in [1.54, 1.807) is 7.11 Å². The summed E-state index contributed by atoms with van der Waals surface area (Å²) in [6, 6.07) is 8.01. The fraction of sp³-hybridized carbons (Fsp3) is 0.385. The highest BCUT2D eigenvalue weighted by molar-refractivity contribution is 5.50. The van der Waals surface area contributed by atoms with Gasteiger partial charge in [0, 0.05) is 24.5 Å². The first-order chi connectivity index (χ1) is 7.78. The largest absolute Gasteiger partial charge is 0.497 e. The molecule has 2 rings (SSSR count). The lowest BCUT2D eigenvalue weighted by Gasteiger charge is -2.23. The smallest absolute Gasteiger partial charge is 0.119 e.